The van der Waals surface area contributed by atoms with Gasteiger partial charge in [-0.3, -0.25) is 4.79 Å². The number of anilines is 2. The maximum atomic E-state index is 13.3. The molecule has 1 amide bonds. The van der Waals surface area contributed by atoms with E-state index in [1.54, 1.807) is 20.3 Å². The fourth-order valence-electron chi connectivity index (χ4n) is 5.84. The number of carbonyl (C=O) groups excluding carboxylic acids is 1. The van der Waals surface area contributed by atoms with Gasteiger partial charge in [0.2, 0.25) is 11.9 Å². The molecule has 0 spiro atoms. The van der Waals surface area contributed by atoms with Crippen LogP contribution in [0, 0.1) is 0 Å². The summed E-state index contributed by atoms with van der Waals surface area (Å²) in [6.45, 7) is 1.91. The van der Waals surface area contributed by atoms with Gasteiger partial charge >= 0.3 is 0 Å². The number of nitrogens with two attached hydrogens (primary N) is 2. The molecule has 0 bridgehead atoms. The molecule has 4 aromatic rings. The first kappa shape index (κ1) is 28.2. The minimum Gasteiger partial charge on any atom is -0.493 e. The van der Waals surface area contributed by atoms with E-state index >= 15 is 0 Å². The van der Waals surface area contributed by atoms with Crippen molar-refractivity contribution in [3.8, 4) is 11.5 Å². The molecule has 1 aliphatic rings. The Hall–Kier alpha value is -4.37. The molecule has 41 heavy (non-hydrogen) atoms. The SMILES string of the molecule is COc1cc2nc(N(C)CC3(c4ccccc4)CCN(C(=O)C(N)Cc4ccccc4)CC3)nc(N)c2cc1OC. The van der Waals surface area contributed by atoms with Crippen molar-refractivity contribution in [3.05, 3.63) is 83.9 Å². The van der Waals surface area contributed by atoms with E-state index < -0.39 is 6.04 Å². The first-order valence-corrected chi connectivity index (χ1v) is 13.9. The third-order valence-corrected chi connectivity index (χ3v) is 8.13. The Morgan fingerprint density at radius 3 is 2.22 bits per heavy atom. The topological polar surface area (TPSA) is 120 Å². The van der Waals surface area contributed by atoms with Crippen LogP contribution in [-0.4, -0.2) is 67.7 Å². The molecule has 4 N–H and O–H groups in total. The van der Waals surface area contributed by atoms with Crippen LogP contribution in [0.2, 0.25) is 0 Å². The molecule has 9 heteroatoms. The van der Waals surface area contributed by atoms with E-state index in [9.17, 15) is 4.79 Å². The summed E-state index contributed by atoms with van der Waals surface area (Å²) in [5, 5.41) is 0.705. The highest BCUT2D eigenvalue weighted by Crippen LogP contribution is 2.38. The monoisotopic (exact) mass is 554 g/mol. The number of hydrogen-bond acceptors (Lipinski definition) is 8. The largest absolute Gasteiger partial charge is 0.493 e. The van der Waals surface area contributed by atoms with E-state index in [4.69, 9.17) is 25.9 Å². The van der Waals surface area contributed by atoms with Crippen molar-refractivity contribution in [2.24, 2.45) is 5.73 Å². The first-order valence-electron chi connectivity index (χ1n) is 13.9. The highest BCUT2D eigenvalue weighted by Gasteiger charge is 2.39. The zero-order valence-corrected chi connectivity index (χ0v) is 23.9. The van der Waals surface area contributed by atoms with E-state index in [0.717, 1.165) is 18.4 Å². The average molecular weight is 555 g/mol. The number of rotatable bonds is 9. The number of aromatic nitrogens is 2. The van der Waals surface area contributed by atoms with Gasteiger partial charge in [-0.05, 0) is 36.5 Å². The highest BCUT2D eigenvalue weighted by atomic mass is 16.5. The summed E-state index contributed by atoms with van der Waals surface area (Å²) in [6, 6.07) is 23.5. The van der Waals surface area contributed by atoms with Gasteiger partial charge in [0.25, 0.3) is 0 Å². The number of nitrogen functional groups attached to an aromatic ring is 1. The molecule has 2 heterocycles. The van der Waals surface area contributed by atoms with Crippen molar-refractivity contribution in [2.75, 3.05) is 51.5 Å². The predicted octanol–water partition coefficient (Wildman–Crippen LogP) is 3.80. The molecular weight excluding hydrogens is 516 g/mol. The summed E-state index contributed by atoms with van der Waals surface area (Å²) in [5.74, 6) is 2.05. The van der Waals surface area contributed by atoms with E-state index in [2.05, 4.69) is 34.1 Å². The minimum atomic E-state index is -0.561. The quantitative estimate of drug-likeness (QED) is 0.321. The standard InChI is InChI=1S/C32H38N6O3/c1-37(31-35-26-20-28(41-3)27(40-2)19-24(26)29(34)36-31)21-32(23-12-8-5-9-13-23)14-16-38(17-15-32)30(39)25(33)18-22-10-6-4-7-11-22/h4-13,19-20,25H,14-18,21,33H2,1-3H3,(H2,34,35,36). The van der Waals surface area contributed by atoms with Gasteiger partial charge in [0.05, 0.1) is 25.8 Å². The van der Waals surface area contributed by atoms with Crippen LogP contribution in [0.25, 0.3) is 10.9 Å². The lowest BCUT2D eigenvalue weighted by atomic mass is 9.72. The summed E-state index contributed by atoms with van der Waals surface area (Å²) in [5.41, 5.74) is 15.5. The molecule has 3 aromatic carbocycles. The number of nitrogens with zero attached hydrogens (tertiary/aromatic N) is 4. The fourth-order valence-corrected chi connectivity index (χ4v) is 5.84. The van der Waals surface area contributed by atoms with Gasteiger partial charge in [-0.1, -0.05) is 60.7 Å². The molecule has 0 aliphatic carbocycles. The van der Waals surface area contributed by atoms with Crippen molar-refractivity contribution in [1.82, 2.24) is 14.9 Å². The molecular formula is C32H38N6O3. The summed E-state index contributed by atoms with van der Waals surface area (Å²) in [4.78, 5) is 26.7. The van der Waals surface area contributed by atoms with Crippen LogP contribution in [0.4, 0.5) is 11.8 Å². The van der Waals surface area contributed by atoms with Crippen molar-refractivity contribution >= 4 is 28.6 Å². The van der Waals surface area contributed by atoms with E-state index in [0.29, 0.717) is 60.2 Å². The number of likely N-dealkylation sites (N-methyl/N-ethyl adjacent to an activating group) is 1. The van der Waals surface area contributed by atoms with Crippen molar-refractivity contribution < 1.29 is 14.3 Å². The second kappa shape index (κ2) is 12.0. The van der Waals surface area contributed by atoms with Gasteiger partial charge in [0.15, 0.2) is 11.5 Å². The summed E-state index contributed by atoms with van der Waals surface area (Å²) >= 11 is 0. The van der Waals surface area contributed by atoms with Crippen molar-refractivity contribution in [3.63, 3.8) is 0 Å². The molecule has 5 rings (SSSR count). The van der Waals surface area contributed by atoms with Crippen LogP contribution in [0.15, 0.2) is 72.8 Å². The molecule has 0 radical (unpaired) electrons. The molecule has 0 saturated carbocycles. The second-order valence-corrected chi connectivity index (χ2v) is 10.8. The normalized spacial score (nSPS) is 15.4. The summed E-state index contributed by atoms with van der Waals surface area (Å²) in [6.07, 6.45) is 2.11. The predicted molar refractivity (Wildman–Crippen MR) is 162 cm³/mol. The fraction of sp³-hybridized carbons (Fsp3) is 0.344. The Morgan fingerprint density at radius 1 is 0.976 bits per heavy atom. The van der Waals surface area contributed by atoms with Crippen LogP contribution in [0.1, 0.15) is 24.0 Å². The van der Waals surface area contributed by atoms with E-state index in [-0.39, 0.29) is 11.3 Å². The Bertz CT molecular complexity index is 1490. The van der Waals surface area contributed by atoms with Crippen molar-refractivity contribution in [2.45, 2.75) is 30.7 Å². The summed E-state index contributed by atoms with van der Waals surface area (Å²) < 4.78 is 10.9. The van der Waals surface area contributed by atoms with Gasteiger partial charge in [-0.15, -0.1) is 0 Å². The zero-order chi connectivity index (χ0) is 29.0. The van der Waals surface area contributed by atoms with Gasteiger partial charge in [0, 0.05) is 43.5 Å². The number of carbonyl (C=O) groups is 1. The van der Waals surface area contributed by atoms with Crippen LogP contribution in [0.5, 0.6) is 11.5 Å². The van der Waals surface area contributed by atoms with Crippen LogP contribution in [-0.2, 0) is 16.6 Å². The van der Waals surface area contributed by atoms with Gasteiger partial charge in [-0.25, -0.2) is 4.98 Å². The average Bonchev–Trinajstić information content (AvgIpc) is 3.01. The number of fused-ring (bicyclic) bond motifs is 1. The molecule has 1 saturated heterocycles. The van der Waals surface area contributed by atoms with Crippen molar-refractivity contribution in [1.29, 1.82) is 0 Å². The zero-order valence-electron chi connectivity index (χ0n) is 23.9. The third-order valence-electron chi connectivity index (χ3n) is 8.13. The molecule has 1 aliphatic heterocycles. The number of amides is 1. The van der Waals surface area contributed by atoms with Crippen LogP contribution < -0.4 is 25.8 Å². The van der Waals surface area contributed by atoms with E-state index in [1.165, 1.54) is 5.56 Å². The molecule has 1 aromatic heterocycles. The Balaban J connectivity index is 1.37. The lowest BCUT2D eigenvalue weighted by Gasteiger charge is -2.44. The molecule has 214 valence electrons. The van der Waals surface area contributed by atoms with E-state index in [1.807, 2.05) is 54.4 Å². The minimum absolute atomic E-state index is 0.00104. The molecule has 1 fully saturated rings. The summed E-state index contributed by atoms with van der Waals surface area (Å²) in [7, 11) is 5.16. The van der Waals surface area contributed by atoms with Crippen LogP contribution in [0.3, 0.4) is 0 Å². The maximum Gasteiger partial charge on any atom is 0.239 e. The molecule has 1 unspecified atom stereocenters. The number of benzene rings is 3. The lowest BCUT2D eigenvalue weighted by Crippen LogP contribution is -2.53. The Kier molecular flexibility index (Phi) is 8.26. The Labute approximate surface area is 241 Å². The number of methoxy groups -OCH3 is 2. The number of ether oxygens (including phenoxy) is 2. The van der Waals surface area contributed by atoms with Gasteiger partial charge in [-0.2, -0.15) is 4.98 Å². The number of piperidine rings is 1. The number of likely N-dealkylation sites (tertiary alicyclic amines) is 1. The molecule has 1 atom stereocenters. The van der Waals surface area contributed by atoms with Crippen LogP contribution >= 0.6 is 0 Å². The number of hydrogen-bond donors (Lipinski definition) is 2. The second-order valence-electron chi connectivity index (χ2n) is 10.8. The smallest absolute Gasteiger partial charge is 0.239 e. The van der Waals surface area contributed by atoms with Gasteiger partial charge < -0.3 is 30.7 Å². The highest BCUT2D eigenvalue weighted by molar-refractivity contribution is 5.91. The first-order chi connectivity index (χ1) is 19.8. The lowest BCUT2D eigenvalue weighted by molar-refractivity contribution is -0.134. The Morgan fingerprint density at radius 2 is 1.59 bits per heavy atom. The van der Waals surface area contributed by atoms with Gasteiger partial charge in [0.1, 0.15) is 5.82 Å². The maximum absolute atomic E-state index is 13.3. The molecule has 9 nitrogen and oxygen atoms in total. The third kappa shape index (κ3) is 5.90.